The maximum absolute atomic E-state index is 12.2. The highest BCUT2D eigenvalue weighted by atomic mass is 16.2. The molecule has 0 radical (unpaired) electrons. The number of carbonyl (C=O) groups excluding carboxylic acids is 2. The predicted octanol–water partition coefficient (Wildman–Crippen LogP) is 1.49. The minimum atomic E-state index is -0.220. The van der Waals surface area contributed by atoms with Crippen molar-refractivity contribution in [1.29, 1.82) is 0 Å². The van der Waals surface area contributed by atoms with Crippen molar-refractivity contribution in [2.75, 3.05) is 32.7 Å². The first kappa shape index (κ1) is 17.5. The van der Waals surface area contributed by atoms with Gasteiger partial charge in [-0.1, -0.05) is 44.2 Å². The fourth-order valence-electron chi connectivity index (χ4n) is 2.93. The molecule has 2 amide bonds. The molecule has 5 heteroatoms. The quantitative estimate of drug-likeness (QED) is 0.790. The van der Waals surface area contributed by atoms with E-state index in [1.165, 1.54) is 0 Å². The van der Waals surface area contributed by atoms with E-state index in [4.69, 9.17) is 0 Å². The number of rotatable bonds is 8. The minimum Gasteiger partial charge on any atom is -0.355 e. The van der Waals surface area contributed by atoms with Crippen molar-refractivity contribution in [2.45, 2.75) is 26.8 Å². The first-order chi connectivity index (χ1) is 11.1. The molecule has 1 atom stereocenters. The van der Waals surface area contributed by atoms with Gasteiger partial charge >= 0.3 is 0 Å². The maximum Gasteiger partial charge on any atom is 0.225 e. The summed E-state index contributed by atoms with van der Waals surface area (Å²) in [4.78, 5) is 28.4. The standard InChI is InChI=1S/C18H27N3O2/c1-3-20(4-2)11-10-19-18(23)16-12-17(22)21(14-16)13-15-8-6-5-7-9-15/h5-9,16H,3-4,10-14H2,1-2H3,(H,19,23). The van der Waals surface area contributed by atoms with Crippen LogP contribution in [-0.4, -0.2) is 54.3 Å². The molecule has 1 saturated heterocycles. The molecular weight excluding hydrogens is 290 g/mol. The van der Waals surface area contributed by atoms with Gasteiger partial charge in [0.05, 0.1) is 5.92 Å². The maximum atomic E-state index is 12.2. The summed E-state index contributed by atoms with van der Waals surface area (Å²) in [6.07, 6.45) is 0.323. The molecule has 1 aromatic carbocycles. The Labute approximate surface area is 138 Å². The van der Waals surface area contributed by atoms with Crippen LogP contribution in [0.5, 0.6) is 0 Å². The molecule has 1 N–H and O–H groups in total. The van der Waals surface area contributed by atoms with Crippen LogP contribution in [0.2, 0.25) is 0 Å². The Hall–Kier alpha value is -1.88. The Bertz CT molecular complexity index is 514. The zero-order chi connectivity index (χ0) is 16.7. The average Bonchev–Trinajstić information content (AvgIpc) is 2.93. The van der Waals surface area contributed by atoms with E-state index in [2.05, 4.69) is 24.1 Å². The molecular formula is C18H27N3O2. The van der Waals surface area contributed by atoms with E-state index >= 15 is 0 Å². The van der Waals surface area contributed by atoms with Gasteiger partial charge in [0.1, 0.15) is 0 Å². The Morgan fingerprint density at radius 3 is 2.61 bits per heavy atom. The molecule has 1 fully saturated rings. The molecule has 0 aliphatic carbocycles. The van der Waals surface area contributed by atoms with Gasteiger partial charge in [-0.15, -0.1) is 0 Å². The summed E-state index contributed by atoms with van der Waals surface area (Å²) in [5.74, 6) is -0.151. The lowest BCUT2D eigenvalue weighted by atomic mass is 10.1. The van der Waals surface area contributed by atoms with Gasteiger partial charge in [-0.2, -0.15) is 0 Å². The summed E-state index contributed by atoms with van der Waals surface area (Å²) in [5, 5.41) is 2.97. The van der Waals surface area contributed by atoms with Crippen LogP contribution < -0.4 is 5.32 Å². The lowest BCUT2D eigenvalue weighted by molar-refractivity contribution is -0.129. The minimum absolute atomic E-state index is 0.000989. The third-order valence-electron chi connectivity index (χ3n) is 4.42. The summed E-state index contributed by atoms with van der Waals surface area (Å²) in [6.45, 7) is 8.80. The Morgan fingerprint density at radius 2 is 1.96 bits per heavy atom. The van der Waals surface area contributed by atoms with E-state index in [9.17, 15) is 9.59 Å². The van der Waals surface area contributed by atoms with Crippen molar-refractivity contribution in [2.24, 2.45) is 5.92 Å². The van der Waals surface area contributed by atoms with Crippen LogP contribution in [0, 0.1) is 5.92 Å². The van der Waals surface area contributed by atoms with E-state index in [1.54, 1.807) is 4.90 Å². The van der Waals surface area contributed by atoms with Crippen molar-refractivity contribution >= 4 is 11.8 Å². The summed E-state index contributed by atoms with van der Waals surface area (Å²) < 4.78 is 0. The van der Waals surface area contributed by atoms with Gasteiger partial charge in [0.2, 0.25) is 11.8 Å². The topological polar surface area (TPSA) is 52.7 Å². The molecule has 1 aliphatic heterocycles. The van der Waals surface area contributed by atoms with Crippen LogP contribution in [0.15, 0.2) is 30.3 Å². The zero-order valence-corrected chi connectivity index (χ0v) is 14.1. The summed E-state index contributed by atoms with van der Waals surface area (Å²) in [5.41, 5.74) is 1.10. The first-order valence-corrected chi connectivity index (χ1v) is 8.45. The Morgan fingerprint density at radius 1 is 1.26 bits per heavy atom. The molecule has 1 aliphatic rings. The molecule has 5 nitrogen and oxygen atoms in total. The summed E-state index contributed by atoms with van der Waals surface area (Å²) in [7, 11) is 0. The number of hydrogen-bond donors (Lipinski definition) is 1. The van der Waals surface area contributed by atoms with Crippen molar-refractivity contribution < 1.29 is 9.59 Å². The number of benzene rings is 1. The van der Waals surface area contributed by atoms with Crippen molar-refractivity contribution in [3.05, 3.63) is 35.9 Å². The molecule has 0 saturated carbocycles. The first-order valence-electron chi connectivity index (χ1n) is 8.45. The van der Waals surface area contributed by atoms with Crippen molar-refractivity contribution in [1.82, 2.24) is 15.1 Å². The highest BCUT2D eigenvalue weighted by Gasteiger charge is 2.33. The van der Waals surface area contributed by atoms with Crippen molar-refractivity contribution in [3.63, 3.8) is 0 Å². The van der Waals surface area contributed by atoms with E-state index in [0.717, 1.165) is 25.2 Å². The lowest BCUT2D eigenvalue weighted by Gasteiger charge is -2.19. The number of likely N-dealkylation sites (N-methyl/N-ethyl adjacent to an activating group) is 1. The summed E-state index contributed by atoms with van der Waals surface area (Å²) >= 11 is 0. The van der Waals surface area contributed by atoms with Crippen LogP contribution in [0.4, 0.5) is 0 Å². The lowest BCUT2D eigenvalue weighted by Crippen LogP contribution is -2.38. The van der Waals surface area contributed by atoms with E-state index in [-0.39, 0.29) is 17.7 Å². The predicted molar refractivity (Wildman–Crippen MR) is 90.8 cm³/mol. The largest absolute Gasteiger partial charge is 0.355 e. The SMILES string of the molecule is CCN(CC)CCNC(=O)C1CC(=O)N(Cc2ccccc2)C1. The van der Waals surface area contributed by atoms with Crippen LogP contribution in [0.3, 0.4) is 0 Å². The van der Waals surface area contributed by atoms with Gasteiger partial charge in [-0.3, -0.25) is 9.59 Å². The fraction of sp³-hybridized carbons (Fsp3) is 0.556. The normalized spacial score (nSPS) is 17.8. The number of nitrogens with zero attached hydrogens (tertiary/aromatic N) is 2. The number of likely N-dealkylation sites (tertiary alicyclic amines) is 1. The van der Waals surface area contributed by atoms with Gasteiger partial charge in [-0.05, 0) is 18.7 Å². The van der Waals surface area contributed by atoms with Crippen LogP contribution in [0.1, 0.15) is 25.8 Å². The van der Waals surface area contributed by atoms with Gasteiger partial charge in [0.15, 0.2) is 0 Å². The molecule has 0 aromatic heterocycles. The smallest absolute Gasteiger partial charge is 0.225 e. The third kappa shape index (κ3) is 5.06. The summed E-state index contributed by atoms with van der Waals surface area (Å²) in [6, 6.07) is 9.90. The van der Waals surface area contributed by atoms with Gasteiger partial charge < -0.3 is 15.1 Å². The van der Waals surface area contributed by atoms with Crippen LogP contribution in [0.25, 0.3) is 0 Å². The number of hydrogen-bond acceptors (Lipinski definition) is 3. The second-order valence-corrected chi connectivity index (χ2v) is 5.98. The average molecular weight is 317 g/mol. The molecule has 0 spiro atoms. The third-order valence-corrected chi connectivity index (χ3v) is 4.42. The monoisotopic (exact) mass is 317 g/mol. The Balaban J connectivity index is 1.78. The molecule has 1 heterocycles. The molecule has 0 bridgehead atoms. The van der Waals surface area contributed by atoms with Gasteiger partial charge in [0.25, 0.3) is 0 Å². The molecule has 1 unspecified atom stereocenters. The fourth-order valence-corrected chi connectivity index (χ4v) is 2.93. The molecule has 23 heavy (non-hydrogen) atoms. The van der Waals surface area contributed by atoms with Crippen LogP contribution in [-0.2, 0) is 16.1 Å². The second-order valence-electron chi connectivity index (χ2n) is 5.98. The molecule has 2 rings (SSSR count). The van der Waals surface area contributed by atoms with Gasteiger partial charge in [-0.25, -0.2) is 0 Å². The number of nitrogens with one attached hydrogen (secondary N) is 1. The van der Waals surface area contributed by atoms with E-state index in [0.29, 0.717) is 26.1 Å². The molecule has 126 valence electrons. The zero-order valence-electron chi connectivity index (χ0n) is 14.1. The van der Waals surface area contributed by atoms with E-state index in [1.807, 2.05) is 30.3 Å². The van der Waals surface area contributed by atoms with Crippen molar-refractivity contribution in [3.8, 4) is 0 Å². The van der Waals surface area contributed by atoms with Crippen LogP contribution >= 0.6 is 0 Å². The number of carbonyl (C=O) groups is 2. The second kappa shape index (κ2) is 8.67. The molecule has 1 aromatic rings. The highest BCUT2D eigenvalue weighted by molar-refractivity contribution is 5.89. The highest BCUT2D eigenvalue weighted by Crippen LogP contribution is 2.20. The van der Waals surface area contributed by atoms with E-state index < -0.39 is 0 Å². The van der Waals surface area contributed by atoms with Gasteiger partial charge in [0, 0.05) is 32.6 Å². The Kier molecular flexibility index (Phi) is 6.59. The number of amides is 2.